The first kappa shape index (κ1) is 9.34. The van der Waals surface area contributed by atoms with Gasteiger partial charge in [-0.3, -0.25) is 0 Å². The van der Waals surface area contributed by atoms with E-state index in [1.807, 2.05) is 13.0 Å². The van der Waals surface area contributed by atoms with Crippen molar-refractivity contribution in [1.82, 2.24) is 0 Å². The maximum atomic E-state index is 9.57. The van der Waals surface area contributed by atoms with Crippen LogP contribution in [0.3, 0.4) is 0 Å². The molecule has 0 saturated carbocycles. The van der Waals surface area contributed by atoms with Crippen molar-refractivity contribution in [3.8, 4) is 11.5 Å². The molecule has 1 aliphatic rings. The molecule has 2 unspecified atom stereocenters. The molecule has 1 aromatic carbocycles. The summed E-state index contributed by atoms with van der Waals surface area (Å²) in [4.78, 5) is 0. The molecule has 14 heavy (non-hydrogen) atoms. The number of fused-ring (bicyclic) bond motifs is 1. The highest BCUT2D eigenvalue weighted by molar-refractivity contribution is 5.46. The van der Waals surface area contributed by atoms with Gasteiger partial charge in [0.1, 0.15) is 17.6 Å². The van der Waals surface area contributed by atoms with Crippen molar-refractivity contribution in [3.63, 3.8) is 0 Å². The predicted molar refractivity (Wildman–Crippen MR) is 54.5 cm³/mol. The Bertz CT molecular complexity index is 336. The lowest BCUT2D eigenvalue weighted by Gasteiger charge is -2.12. The second kappa shape index (κ2) is 3.50. The lowest BCUT2D eigenvalue weighted by Crippen LogP contribution is -2.25. The van der Waals surface area contributed by atoms with Crippen LogP contribution in [0.2, 0.25) is 0 Å². The molecule has 1 aromatic rings. The Kier molecular flexibility index (Phi) is 2.33. The van der Waals surface area contributed by atoms with Gasteiger partial charge in [0.15, 0.2) is 0 Å². The Morgan fingerprint density at radius 1 is 1.64 bits per heavy atom. The molecule has 1 aliphatic heterocycles. The standard InChI is InChI=1S/C11H15NO2/c1-7(12)5-8-6-9-10(13)3-2-4-11(9)14-8/h2-4,7-8,13H,5-6,12H2,1H3. The minimum atomic E-state index is 0.123. The summed E-state index contributed by atoms with van der Waals surface area (Å²) in [5.41, 5.74) is 6.62. The average Bonchev–Trinajstić information content (AvgIpc) is 2.47. The molecule has 0 amide bonds. The van der Waals surface area contributed by atoms with Crippen LogP contribution in [0.1, 0.15) is 18.9 Å². The number of ether oxygens (including phenoxy) is 1. The first-order valence-corrected chi connectivity index (χ1v) is 4.90. The lowest BCUT2D eigenvalue weighted by molar-refractivity contribution is 0.213. The first-order valence-electron chi connectivity index (χ1n) is 4.90. The number of hydrogen-bond acceptors (Lipinski definition) is 3. The van der Waals surface area contributed by atoms with E-state index in [2.05, 4.69) is 0 Å². The Hall–Kier alpha value is -1.22. The summed E-state index contributed by atoms with van der Waals surface area (Å²) in [5, 5.41) is 9.57. The summed E-state index contributed by atoms with van der Waals surface area (Å²) >= 11 is 0. The van der Waals surface area contributed by atoms with Crippen LogP contribution in [-0.4, -0.2) is 17.3 Å². The fourth-order valence-corrected chi connectivity index (χ4v) is 1.86. The maximum absolute atomic E-state index is 9.57. The van der Waals surface area contributed by atoms with E-state index in [0.717, 1.165) is 24.2 Å². The normalized spacial score (nSPS) is 21.4. The summed E-state index contributed by atoms with van der Waals surface area (Å²) in [6.07, 6.45) is 1.72. The number of benzene rings is 1. The molecule has 2 rings (SSSR count). The van der Waals surface area contributed by atoms with Crippen LogP contribution in [0.25, 0.3) is 0 Å². The van der Waals surface area contributed by atoms with E-state index in [1.165, 1.54) is 0 Å². The number of aromatic hydroxyl groups is 1. The summed E-state index contributed by atoms with van der Waals surface area (Å²) < 4.78 is 5.66. The van der Waals surface area contributed by atoms with Crippen molar-refractivity contribution in [2.75, 3.05) is 0 Å². The SMILES string of the molecule is CC(N)CC1Cc2c(O)cccc2O1. The molecule has 0 bridgehead atoms. The van der Waals surface area contributed by atoms with E-state index in [4.69, 9.17) is 10.5 Å². The second-order valence-electron chi connectivity index (χ2n) is 3.91. The van der Waals surface area contributed by atoms with Crippen molar-refractivity contribution in [2.45, 2.75) is 31.9 Å². The highest BCUT2D eigenvalue weighted by Gasteiger charge is 2.25. The molecule has 0 aliphatic carbocycles. The number of nitrogens with two attached hydrogens (primary N) is 1. The third kappa shape index (κ3) is 1.68. The Balaban J connectivity index is 2.14. The molecule has 76 valence electrons. The Labute approximate surface area is 83.5 Å². The average molecular weight is 193 g/mol. The van der Waals surface area contributed by atoms with E-state index >= 15 is 0 Å². The van der Waals surface area contributed by atoms with Gasteiger partial charge in [-0.2, -0.15) is 0 Å². The fourth-order valence-electron chi connectivity index (χ4n) is 1.86. The highest BCUT2D eigenvalue weighted by atomic mass is 16.5. The fraction of sp³-hybridized carbons (Fsp3) is 0.455. The third-order valence-corrected chi connectivity index (χ3v) is 2.47. The largest absolute Gasteiger partial charge is 0.508 e. The van der Waals surface area contributed by atoms with Crippen LogP contribution in [0.15, 0.2) is 18.2 Å². The zero-order valence-corrected chi connectivity index (χ0v) is 8.23. The molecule has 3 heteroatoms. The van der Waals surface area contributed by atoms with Gasteiger partial charge in [-0.1, -0.05) is 6.07 Å². The molecule has 3 N–H and O–H groups in total. The number of rotatable bonds is 2. The van der Waals surface area contributed by atoms with Gasteiger partial charge in [0.25, 0.3) is 0 Å². The van der Waals surface area contributed by atoms with Gasteiger partial charge in [0.05, 0.1) is 0 Å². The Morgan fingerprint density at radius 2 is 2.43 bits per heavy atom. The van der Waals surface area contributed by atoms with E-state index in [-0.39, 0.29) is 12.1 Å². The Morgan fingerprint density at radius 3 is 3.07 bits per heavy atom. The molecule has 3 nitrogen and oxygen atoms in total. The minimum Gasteiger partial charge on any atom is -0.508 e. The van der Waals surface area contributed by atoms with Crippen LogP contribution in [0, 0.1) is 0 Å². The first-order chi connectivity index (χ1) is 6.66. The summed E-state index contributed by atoms with van der Waals surface area (Å²) in [6.45, 7) is 1.96. The second-order valence-corrected chi connectivity index (χ2v) is 3.91. The van der Waals surface area contributed by atoms with Gasteiger partial charge in [0, 0.05) is 18.0 Å². The number of hydrogen-bond donors (Lipinski definition) is 2. The predicted octanol–water partition coefficient (Wildman–Crippen LogP) is 1.43. The maximum Gasteiger partial charge on any atom is 0.126 e. The minimum absolute atomic E-state index is 0.123. The van der Waals surface area contributed by atoms with Gasteiger partial charge in [-0.05, 0) is 25.5 Å². The van der Waals surface area contributed by atoms with Gasteiger partial charge in [-0.25, -0.2) is 0 Å². The zero-order valence-electron chi connectivity index (χ0n) is 8.23. The van der Waals surface area contributed by atoms with Crippen LogP contribution in [0.4, 0.5) is 0 Å². The molecule has 1 heterocycles. The van der Waals surface area contributed by atoms with Gasteiger partial charge in [0.2, 0.25) is 0 Å². The zero-order chi connectivity index (χ0) is 10.1. The highest BCUT2D eigenvalue weighted by Crippen LogP contribution is 2.35. The van der Waals surface area contributed by atoms with Gasteiger partial charge < -0.3 is 15.6 Å². The van der Waals surface area contributed by atoms with Gasteiger partial charge >= 0.3 is 0 Å². The summed E-state index contributed by atoms with van der Waals surface area (Å²) in [7, 11) is 0. The summed E-state index contributed by atoms with van der Waals surface area (Å²) in [5.74, 6) is 1.13. The monoisotopic (exact) mass is 193 g/mol. The van der Waals surface area contributed by atoms with Crippen molar-refractivity contribution in [2.24, 2.45) is 5.73 Å². The van der Waals surface area contributed by atoms with Crippen molar-refractivity contribution in [1.29, 1.82) is 0 Å². The van der Waals surface area contributed by atoms with Crippen molar-refractivity contribution in [3.05, 3.63) is 23.8 Å². The van der Waals surface area contributed by atoms with Crippen LogP contribution in [-0.2, 0) is 6.42 Å². The molecule has 0 radical (unpaired) electrons. The van der Waals surface area contributed by atoms with E-state index in [1.54, 1.807) is 12.1 Å². The van der Waals surface area contributed by atoms with Crippen LogP contribution < -0.4 is 10.5 Å². The topological polar surface area (TPSA) is 55.5 Å². The van der Waals surface area contributed by atoms with Crippen LogP contribution in [0.5, 0.6) is 11.5 Å². The number of phenolic OH excluding ortho intramolecular Hbond substituents is 1. The molecule has 2 atom stereocenters. The van der Waals surface area contributed by atoms with Gasteiger partial charge in [-0.15, -0.1) is 0 Å². The van der Waals surface area contributed by atoms with Crippen LogP contribution >= 0.6 is 0 Å². The number of phenols is 1. The van der Waals surface area contributed by atoms with E-state index in [0.29, 0.717) is 5.75 Å². The molecule has 0 saturated heterocycles. The summed E-state index contributed by atoms with van der Waals surface area (Å²) in [6, 6.07) is 5.51. The lowest BCUT2D eigenvalue weighted by atomic mass is 10.0. The van der Waals surface area contributed by atoms with Crippen molar-refractivity contribution >= 4 is 0 Å². The molecular formula is C11H15NO2. The van der Waals surface area contributed by atoms with Crippen molar-refractivity contribution < 1.29 is 9.84 Å². The smallest absolute Gasteiger partial charge is 0.126 e. The van der Waals surface area contributed by atoms with E-state index in [9.17, 15) is 5.11 Å². The molecule has 0 fully saturated rings. The third-order valence-electron chi connectivity index (χ3n) is 2.47. The van der Waals surface area contributed by atoms with E-state index < -0.39 is 0 Å². The quantitative estimate of drug-likeness (QED) is 0.747. The molecule has 0 spiro atoms. The molecular weight excluding hydrogens is 178 g/mol. The molecule has 0 aromatic heterocycles.